The zero-order chi connectivity index (χ0) is 19.9. The minimum Gasteiger partial charge on any atom is -0.494 e. The van der Waals surface area contributed by atoms with Crippen molar-refractivity contribution in [3.63, 3.8) is 0 Å². The smallest absolute Gasteiger partial charge is 0.304 e. The van der Waals surface area contributed by atoms with Crippen LogP contribution in [0, 0.1) is 23.2 Å². The van der Waals surface area contributed by atoms with Crippen LogP contribution in [0.2, 0.25) is 0 Å². The van der Waals surface area contributed by atoms with E-state index in [0.29, 0.717) is 17.8 Å². The molecule has 0 bridgehead atoms. The summed E-state index contributed by atoms with van der Waals surface area (Å²) in [6.45, 7) is 5.05. The van der Waals surface area contributed by atoms with Crippen molar-refractivity contribution in [2.24, 2.45) is 23.2 Å². The van der Waals surface area contributed by atoms with Crippen LogP contribution in [0.3, 0.4) is 0 Å². The molecule has 152 valence electrons. The summed E-state index contributed by atoms with van der Waals surface area (Å²) in [5.74, 6) is 1.39. The van der Waals surface area contributed by atoms with Crippen LogP contribution in [0.25, 0.3) is 0 Å². The summed E-state index contributed by atoms with van der Waals surface area (Å²) < 4.78 is 5.90. The van der Waals surface area contributed by atoms with Gasteiger partial charge in [-0.15, -0.1) is 0 Å². The summed E-state index contributed by atoms with van der Waals surface area (Å²) in [5, 5.41) is 9.21. The van der Waals surface area contributed by atoms with Crippen LogP contribution in [-0.2, 0) is 16.0 Å². The van der Waals surface area contributed by atoms with Crippen LogP contribution >= 0.6 is 0 Å². The Morgan fingerprint density at radius 2 is 2.14 bits per heavy atom. The van der Waals surface area contributed by atoms with E-state index in [-0.39, 0.29) is 23.5 Å². The summed E-state index contributed by atoms with van der Waals surface area (Å²) in [5.41, 5.74) is 2.53. The number of carbonyl (C=O) groups is 2. The highest BCUT2D eigenvalue weighted by atomic mass is 16.5. The quantitative estimate of drug-likeness (QED) is 0.702. The topological polar surface area (TPSA) is 63.6 Å². The van der Waals surface area contributed by atoms with Crippen molar-refractivity contribution >= 4 is 11.8 Å². The SMILES string of the molecule is CCCCOc1ccc2c(c1)CCC1C2CC[C@]2(C)C(=O)C(CC(=O)O)CC12. The molecule has 4 heteroatoms. The summed E-state index contributed by atoms with van der Waals surface area (Å²) in [6.07, 6.45) is 7.03. The van der Waals surface area contributed by atoms with Gasteiger partial charge < -0.3 is 9.84 Å². The number of rotatable bonds is 6. The molecule has 4 rings (SSSR count). The molecular formula is C24H32O4. The summed E-state index contributed by atoms with van der Waals surface area (Å²) >= 11 is 0. The van der Waals surface area contributed by atoms with Gasteiger partial charge in [0.2, 0.25) is 0 Å². The summed E-state index contributed by atoms with van der Waals surface area (Å²) in [6, 6.07) is 6.58. The van der Waals surface area contributed by atoms with Crippen molar-refractivity contribution in [2.75, 3.05) is 6.61 Å². The predicted molar refractivity (Wildman–Crippen MR) is 108 cm³/mol. The van der Waals surface area contributed by atoms with Gasteiger partial charge in [-0.1, -0.05) is 26.3 Å². The van der Waals surface area contributed by atoms with Gasteiger partial charge in [0.1, 0.15) is 11.5 Å². The lowest BCUT2D eigenvalue weighted by Gasteiger charge is -2.48. The van der Waals surface area contributed by atoms with Gasteiger partial charge in [-0.25, -0.2) is 0 Å². The van der Waals surface area contributed by atoms with Gasteiger partial charge in [0.25, 0.3) is 0 Å². The Hall–Kier alpha value is -1.84. The van der Waals surface area contributed by atoms with Crippen molar-refractivity contribution in [1.82, 2.24) is 0 Å². The fourth-order valence-corrected chi connectivity index (χ4v) is 6.31. The van der Waals surface area contributed by atoms with Gasteiger partial charge in [-0.3, -0.25) is 9.59 Å². The first kappa shape index (κ1) is 19.5. The molecule has 5 atom stereocenters. The number of carboxylic acid groups (broad SMARTS) is 1. The standard InChI is InChI=1S/C24H32O4/c1-3-4-11-28-17-6-8-18-15(12-17)5-7-20-19(18)9-10-24(2)21(20)13-16(23(24)27)14-22(25)26/h6,8,12,16,19-21H,3-5,7,9-11,13-14H2,1-2H3,(H,25,26)/t16?,19?,20?,21?,24-/m0/s1. The lowest BCUT2D eigenvalue weighted by atomic mass is 9.55. The second-order valence-electron chi connectivity index (χ2n) is 9.33. The molecule has 4 nitrogen and oxygen atoms in total. The van der Waals surface area contributed by atoms with Crippen molar-refractivity contribution in [1.29, 1.82) is 0 Å². The minimum atomic E-state index is -0.846. The zero-order valence-corrected chi connectivity index (χ0v) is 17.1. The second kappa shape index (κ2) is 7.53. The third-order valence-corrected chi connectivity index (χ3v) is 7.75. The molecule has 3 aliphatic rings. The third kappa shape index (κ3) is 3.25. The molecule has 0 heterocycles. The molecule has 0 amide bonds. The van der Waals surface area contributed by atoms with Gasteiger partial charge in [0.15, 0.2) is 0 Å². The number of hydrogen-bond acceptors (Lipinski definition) is 3. The van der Waals surface area contributed by atoms with Crippen LogP contribution in [-0.4, -0.2) is 23.5 Å². The molecule has 0 aromatic heterocycles. The van der Waals surface area contributed by atoms with Crippen LogP contribution in [0.4, 0.5) is 0 Å². The number of fused-ring (bicyclic) bond motifs is 5. The molecule has 1 aromatic carbocycles. The fourth-order valence-electron chi connectivity index (χ4n) is 6.31. The number of aryl methyl sites for hydroxylation is 1. The van der Waals surface area contributed by atoms with Crippen molar-refractivity contribution in [2.45, 2.75) is 71.1 Å². The van der Waals surface area contributed by atoms with Gasteiger partial charge in [-0.2, -0.15) is 0 Å². The van der Waals surface area contributed by atoms with Gasteiger partial charge >= 0.3 is 5.97 Å². The molecular weight excluding hydrogens is 352 g/mol. The molecule has 4 unspecified atom stereocenters. The van der Waals surface area contributed by atoms with Crippen molar-refractivity contribution in [3.05, 3.63) is 29.3 Å². The molecule has 0 radical (unpaired) electrons. The maximum absolute atomic E-state index is 13.0. The zero-order valence-electron chi connectivity index (χ0n) is 17.1. The van der Waals surface area contributed by atoms with Crippen LogP contribution in [0.5, 0.6) is 5.75 Å². The summed E-state index contributed by atoms with van der Waals surface area (Å²) in [4.78, 5) is 24.2. The van der Waals surface area contributed by atoms with Gasteiger partial charge in [-0.05, 0) is 79.5 Å². The fraction of sp³-hybridized carbons (Fsp3) is 0.667. The lowest BCUT2D eigenvalue weighted by molar-refractivity contribution is -0.141. The highest BCUT2D eigenvalue weighted by Crippen LogP contribution is 2.61. The molecule has 2 fully saturated rings. The van der Waals surface area contributed by atoms with Crippen LogP contribution < -0.4 is 4.74 Å². The number of ketones is 1. The Labute approximate surface area is 167 Å². The Kier molecular flexibility index (Phi) is 5.24. The van der Waals surface area contributed by atoms with Crippen molar-refractivity contribution in [3.8, 4) is 5.75 Å². The van der Waals surface area contributed by atoms with E-state index in [1.54, 1.807) is 0 Å². The largest absolute Gasteiger partial charge is 0.494 e. The number of Topliss-reactive ketones (excluding diaryl/α,β-unsaturated/α-hetero) is 1. The molecule has 1 aromatic rings. The molecule has 2 saturated carbocycles. The Morgan fingerprint density at radius 1 is 1.32 bits per heavy atom. The van der Waals surface area contributed by atoms with E-state index in [4.69, 9.17) is 4.74 Å². The van der Waals surface area contributed by atoms with E-state index >= 15 is 0 Å². The maximum Gasteiger partial charge on any atom is 0.304 e. The van der Waals surface area contributed by atoms with Gasteiger partial charge in [0, 0.05) is 11.3 Å². The second-order valence-corrected chi connectivity index (χ2v) is 9.33. The van der Waals surface area contributed by atoms with E-state index in [0.717, 1.165) is 57.3 Å². The average Bonchev–Trinajstić information content (AvgIpc) is 2.92. The Bertz CT molecular complexity index is 770. The monoisotopic (exact) mass is 384 g/mol. The van der Waals surface area contributed by atoms with E-state index < -0.39 is 5.97 Å². The maximum atomic E-state index is 13.0. The Morgan fingerprint density at radius 3 is 2.89 bits per heavy atom. The minimum absolute atomic E-state index is 0.00262. The van der Waals surface area contributed by atoms with E-state index in [9.17, 15) is 14.7 Å². The number of benzene rings is 1. The predicted octanol–water partition coefficient (Wildman–Crippen LogP) is 4.99. The number of ether oxygens (including phenoxy) is 1. The van der Waals surface area contributed by atoms with Crippen LogP contribution in [0.1, 0.15) is 75.8 Å². The molecule has 3 aliphatic carbocycles. The lowest BCUT2D eigenvalue weighted by Crippen LogP contribution is -2.42. The number of carboxylic acids is 1. The third-order valence-electron chi connectivity index (χ3n) is 7.75. The normalized spacial score (nSPS) is 33.7. The van der Waals surface area contributed by atoms with Gasteiger partial charge in [0.05, 0.1) is 13.0 Å². The number of hydrogen-bond donors (Lipinski definition) is 1. The number of aliphatic carboxylic acids is 1. The highest BCUT2D eigenvalue weighted by Gasteiger charge is 2.58. The first-order valence-electron chi connectivity index (χ1n) is 11.0. The van der Waals surface area contributed by atoms with E-state index in [2.05, 4.69) is 32.0 Å². The Balaban J connectivity index is 1.54. The molecule has 0 saturated heterocycles. The van der Waals surface area contributed by atoms with Crippen LogP contribution in [0.15, 0.2) is 18.2 Å². The molecule has 1 N–H and O–H groups in total. The first-order chi connectivity index (χ1) is 13.4. The van der Waals surface area contributed by atoms with E-state index in [1.807, 2.05) is 0 Å². The molecule has 0 aliphatic heterocycles. The summed E-state index contributed by atoms with van der Waals surface area (Å²) in [7, 11) is 0. The first-order valence-corrected chi connectivity index (χ1v) is 11.0. The van der Waals surface area contributed by atoms with Crippen molar-refractivity contribution < 1.29 is 19.4 Å². The highest BCUT2D eigenvalue weighted by molar-refractivity contribution is 5.92. The number of unbranched alkanes of at least 4 members (excludes halogenated alkanes) is 1. The van der Waals surface area contributed by atoms with E-state index in [1.165, 1.54) is 11.1 Å². The average molecular weight is 385 g/mol. The number of carbonyl (C=O) groups excluding carboxylic acids is 1. The molecule has 28 heavy (non-hydrogen) atoms. The molecule has 0 spiro atoms.